The number of methoxy groups -OCH3 is 1. The zero-order valence-corrected chi connectivity index (χ0v) is 47.6. The fraction of sp³-hybridized carbons (Fsp3) is 0.803. The Bertz CT molecular complexity index is 1940. The van der Waals surface area contributed by atoms with E-state index in [-0.39, 0.29) is 42.8 Å². The van der Waals surface area contributed by atoms with Crippen molar-refractivity contribution in [3.8, 4) is 5.75 Å². The van der Waals surface area contributed by atoms with Crippen LogP contribution in [-0.2, 0) is 30.4 Å². The van der Waals surface area contributed by atoms with Gasteiger partial charge < -0.3 is 34.5 Å². The minimum absolute atomic E-state index is 0.0238. The van der Waals surface area contributed by atoms with Crippen LogP contribution in [-0.4, -0.2) is 71.9 Å². The van der Waals surface area contributed by atoms with Crippen LogP contribution in [0.1, 0.15) is 223 Å². The van der Waals surface area contributed by atoms with Crippen molar-refractivity contribution in [2.45, 2.75) is 247 Å². The van der Waals surface area contributed by atoms with Crippen molar-refractivity contribution in [1.82, 2.24) is 15.5 Å². The molecule has 4 aliphatic rings. The van der Waals surface area contributed by atoms with E-state index in [0.29, 0.717) is 31.3 Å². The molecule has 0 spiro atoms. The number of rotatable bonds is 26. The maximum absolute atomic E-state index is 13.9. The van der Waals surface area contributed by atoms with Crippen LogP contribution in [0.2, 0.25) is 0 Å². The molecule has 0 bridgehead atoms. The van der Waals surface area contributed by atoms with E-state index in [1.165, 1.54) is 56.9 Å². The van der Waals surface area contributed by atoms with Crippen LogP contribution in [0.5, 0.6) is 5.75 Å². The molecule has 8 unspecified atom stereocenters. The number of alkyl carbamates (subject to hydrolysis) is 2. The molecule has 0 radical (unpaired) electrons. The van der Waals surface area contributed by atoms with Gasteiger partial charge in [-0.25, -0.2) is 9.59 Å². The fourth-order valence-electron chi connectivity index (χ4n) is 13.6. The molecule has 3 amide bonds. The molecule has 408 valence electrons. The molecule has 3 saturated carbocycles. The monoisotopic (exact) mass is 1000 g/mol. The number of esters is 1. The maximum atomic E-state index is 13.9. The zero-order chi connectivity index (χ0) is 52.9. The smallest absolute Gasteiger partial charge is 0.408 e. The predicted octanol–water partition coefficient (Wildman–Crippen LogP) is 14.7. The van der Waals surface area contributed by atoms with E-state index in [1.54, 1.807) is 7.11 Å². The van der Waals surface area contributed by atoms with Crippen LogP contribution >= 0.6 is 0 Å². The van der Waals surface area contributed by atoms with Crippen molar-refractivity contribution in [3.05, 3.63) is 41.5 Å². The molecule has 1 aromatic rings. The Hall–Kier alpha value is -3.76. The lowest BCUT2D eigenvalue weighted by Crippen LogP contribution is -2.51. The normalized spacial score (nSPS) is 25.5. The molecule has 72 heavy (non-hydrogen) atoms. The van der Waals surface area contributed by atoms with Crippen molar-refractivity contribution in [2.24, 2.45) is 46.3 Å². The Morgan fingerprint density at radius 3 is 2.11 bits per heavy atom. The quantitative estimate of drug-likeness (QED) is 0.0406. The summed E-state index contributed by atoms with van der Waals surface area (Å²) in [7, 11) is 1.62. The Balaban J connectivity index is 1.05. The van der Waals surface area contributed by atoms with Crippen molar-refractivity contribution in [2.75, 3.05) is 20.2 Å². The molecule has 11 nitrogen and oxygen atoms in total. The average Bonchev–Trinajstić information content (AvgIpc) is 3.65. The van der Waals surface area contributed by atoms with Gasteiger partial charge in [-0.2, -0.15) is 0 Å². The number of hydrogen-bond donors (Lipinski definition) is 2. The van der Waals surface area contributed by atoms with Gasteiger partial charge in [-0.1, -0.05) is 103 Å². The summed E-state index contributed by atoms with van der Waals surface area (Å²) in [5.41, 5.74) is 1.47. The van der Waals surface area contributed by atoms with Gasteiger partial charge in [-0.05, 0) is 183 Å². The molecule has 3 fully saturated rings. The van der Waals surface area contributed by atoms with Gasteiger partial charge >= 0.3 is 18.2 Å². The fourth-order valence-corrected chi connectivity index (χ4v) is 13.6. The number of fused-ring (bicyclic) bond motifs is 5. The molecular formula is C61H101N3O8. The number of nitrogens with one attached hydrogen (secondary N) is 2. The van der Waals surface area contributed by atoms with Crippen molar-refractivity contribution < 1.29 is 38.1 Å². The zero-order valence-electron chi connectivity index (χ0n) is 47.6. The second-order valence-electron chi connectivity index (χ2n) is 26.1. The van der Waals surface area contributed by atoms with Gasteiger partial charge in [0.25, 0.3) is 0 Å². The lowest BCUT2D eigenvalue weighted by molar-refractivity contribution is -0.151. The van der Waals surface area contributed by atoms with E-state index in [2.05, 4.69) is 51.3 Å². The first-order valence-corrected chi connectivity index (χ1v) is 28.6. The third kappa shape index (κ3) is 17.4. The second kappa shape index (κ2) is 26.1. The molecule has 1 aromatic carbocycles. The molecular weight excluding hydrogens is 903 g/mol. The Labute approximate surface area is 437 Å². The highest BCUT2D eigenvalue weighted by molar-refractivity contribution is 5.77. The van der Waals surface area contributed by atoms with Crippen LogP contribution in [0.4, 0.5) is 9.59 Å². The summed E-state index contributed by atoms with van der Waals surface area (Å²) in [4.78, 5) is 54.4. The molecule has 0 aromatic heterocycles. The summed E-state index contributed by atoms with van der Waals surface area (Å²) >= 11 is 0. The van der Waals surface area contributed by atoms with Gasteiger partial charge in [0.15, 0.2) is 0 Å². The number of carbonyl (C=O) groups is 4. The maximum Gasteiger partial charge on any atom is 0.408 e. The van der Waals surface area contributed by atoms with E-state index in [4.69, 9.17) is 18.9 Å². The summed E-state index contributed by atoms with van der Waals surface area (Å²) in [6, 6.07) is 7.45. The topological polar surface area (TPSA) is 132 Å². The third-order valence-electron chi connectivity index (χ3n) is 17.7. The number of nitrogens with zero attached hydrogens (tertiary/aromatic N) is 1. The number of unbranched alkanes of at least 4 members (excludes halogenated alkanes) is 4. The average molecular weight is 1000 g/mol. The first kappa shape index (κ1) is 59.1. The van der Waals surface area contributed by atoms with Gasteiger partial charge in [-0.15, -0.1) is 0 Å². The highest BCUT2D eigenvalue weighted by atomic mass is 16.6. The van der Waals surface area contributed by atoms with Crippen molar-refractivity contribution >= 4 is 24.1 Å². The number of benzene rings is 1. The molecule has 5 rings (SSSR count). The van der Waals surface area contributed by atoms with Gasteiger partial charge in [-0.3, -0.25) is 9.59 Å². The van der Waals surface area contributed by atoms with Crippen molar-refractivity contribution in [3.63, 3.8) is 0 Å². The lowest BCUT2D eigenvalue weighted by Gasteiger charge is -2.58. The van der Waals surface area contributed by atoms with Crippen LogP contribution in [0, 0.1) is 46.3 Å². The first-order valence-electron chi connectivity index (χ1n) is 28.6. The summed E-state index contributed by atoms with van der Waals surface area (Å²) < 4.78 is 22.4. The Morgan fingerprint density at radius 1 is 0.736 bits per heavy atom. The molecule has 11 heteroatoms. The van der Waals surface area contributed by atoms with Gasteiger partial charge in [0.2, 0.25) is 5.91 Å². The molecule has 8 atom stereocenters. The van der Waals surface area contributed by atoms with Crippen molar-refractivity contribution in [1.29, 1.82) is 0 Å². The Kier molecular flexibility index (Phi) is 21.5. The van der Waals surface area contributed by atoms with E-state index in [9.17, 15) is 19.2 Å². The summed E-state index contributed by atoms with van der Waals surface area (Å²) in [6.07, 6.45) is 22.3. The predicted molar refractivity (Wildman–Crippen MR) is 290 cm³/mol. The molecule has 0 aliphatic heterocycles. The highest BCUT2D eigenvalue weighted by Gasteiger charge is 2.59. The van der Waals surface area contributed by atoms with E-state index < -0.39 is 28.9 Å². The third-order valence-corrected chi connectivity index (χ3v) is 17.7. The number of carbonyl (C=O) groups excluding carboxylic acids is 4. The minimum atomic E-state index is -0.614. The molecule has 0 saturated heterocycles. The number of allylic oxidation sites excluding steroid dienone is 1. The highest BCUT2D eigenvalue weighted by Crippen LogP contribution is 2.67. The molecule has 0 heterocycles. The largest absolute Gasteiger partial charge is 0.497 e. The molecule has 4 aliphatic carbocycles. The van der Waals surface area contributed by atoms with Crippen LogP contribution in [0.25, 0.3) is 0 Å². The van der Waals surface area contributed by atoms with Crippen LogP contribution in [0.15, 0.2) is 35.9 Å². The van der Waals surface area contributed by atoms with E-state index >= 15 is 0 Å². The van der Waals surface area contributed by atoms with Gasteiger partial charge in [0.05, 0.1) is 7.11 Å². The Morgan fingerprint density at radius 2 is 1.42 bits per heavy atom. The standard InChI is InChI=1S/C61H101N3O8/c1-43(2)21-19-22-44(3)50-31-32-51-49-30-27-46-41-48(33-36-60(46,11)52(49)34-37-61(50,51)12)71-54(66)24-20-23-53(65)64(40-38-59(9,10)63-56(68)72-57(4,5)6)39-18-16-14-15-17-35-58(7,8)62-55(67)70-42-45-25-28-47(69-13)29-26-45/h25-29,43-44,48-52H,14-24,30-42H2,1-13H3,(H,62,67)(H,63,68). The summed E-state index contributed by atoms with van der Waals surface area (Å²) in [5.74, 6) is 5.38. The minimum Gasteiger partial charge on any atom is -0.497 e. The SMILES string of the molecule is COc1ccc(COC(=O)NC(C)(C)CCCCCCCN(CCC(C)(C)NC(=O)OC(C)(C)C)C(=O)CCCC(=O)OC2CCC3(C)C(=CCC4C3CCC3(C)C(C(C)CCCC(C)C)CCC43)C2)cc1. The van der Waals surface area contributed by atoms with E-state index in [1.807, 2.05) is 77.6 Å². The number of amides is 3. The number of hydrogen-bond acceptors (Lipinski definition) is 8. The lowest BCUT2D eigenvalue weighted by atomic mass is 9.47. The van der Waals surface area contributed by atoms with Crippen LogP contribution in [0.3, 0.4) is 0 Å². The van der Waals surface area contributed by atoms with Gasteiger partial charge in [0.1, 0.15) is 24.1 Å². The summed E-state index contributed by atoms with van der Waals surface area (Å²) in [6.45, 7) is 27.2. The first-order chi connectivity index (χ1) is 33.8. The van der Waals surface area contributed by atoms with E-state index in [0.717, 1.165) is 105 Å². The molecule has 2 N–H and O–H groups in total. The van der Waals surface area contributed by atoms with Crippen LogP contribution < -0.4 is 15.4 Å². The summed E-state index contributed by atoms with van der Waals surface area (Å²) in [5, 5.41) is 6.00. The number of ether oxygens (including phenoxy) is 4. The second-order valence-corrected chi connectivity index (χ2v) is 26.1. The van der Waals surface area contributed by atoms with Gasteiger partial charge in [0, 0.05) is 43.4 Å².